The first-order valence-electron chi connectivity index (χ1n) is 10.5. The maximum atomic E-state index is 12.9. The number of hydrogen-bond acceptors (Lipinski definition) is 7. The summed E-state index contributed by atoms with van der Waals surface area (Å²) < 4.78 is 11.2. The number of ether oxygens (including phenoxy) is 2. The fraction of sp³-hybridized carbons (Fsp3) is 0.192. The van der Waals surface area contributed by atoms with Crippen LogP contribution in [-0.4, -0.2) is 24.2 Å². The standard InChI is InChI=1S/C26H25N3O4S/c1-3-13-32-26(31)23-17(2)29-25(34-16-22(28)30)21(14-27)24(23)19-9-11-20(12-10-19)33-15-18-7-5-4-6-8-18/h3-12,24,29H,1,13,15-16H2,2H3,(H2,28,30). The molecule has 1 heterocycles. The third-order valence-corrected chi connectivity index (χ3v) is 6.06. The van der Waals surface area contributed by atoms with E-state index >= 15 is 0 Å². The zero-order chi connectivity index (χ0) is 24.5. The van der Waals surface area contributed by atoms with Crippen molar-refractivity contribution in [3.05, 3.63) is 100 Å². The normalized spacial score (nSPS) is 15.2. The second-order valence-corrected chi connectivity index (χ2v) is 8.42. The summed E-state index contributed by atoms with van der Waals surface area (Å²) in [6.45, 7) is 5.77. The van der Waals surface area contributed by atoms with Gasteiger partial charge in [-0.25, -0.2) is 4.79 Å². The van der Waals surface area contributed by atoms with Gasteiger partial charge in [0.15, 0.2) is 0 Å². The lowest BCUT2D eigenvalue weighted by atomic mass is 9.82. The van der Waals surface area contributed by atoms with Gasteiger partial charge in [0.05, 0.1) is 33.9 Å². The minimum absolute atomic E-state index is 0.00395. The van der Waals surface area contributed by atoms with Gasteiger partial charge in [-0.05, 0) is 30.2 Å². The molecule has 0 spiro atoms. The Morgan fingerprint density at radius 1 is 1.21 bits per heavy atom. The fourth-order valence-corrected chi connectivity index (χ4v) is 4.31. The Morgan fingerprint density at radius 3 is 2.53 bits per heavy atom. The largest absolute Gasteiger partial charge is 0.489 e. The molecule has 1 aliphatic heterocycles. The van der Waals surface area contributed by atoms with Crippen molar-refractivity contribution in [3.8, 4) is 11.8 Å². The second-order valence-electron chi connectivity index (χ2n) is 7.44. The lowest BCUT2D eigenvalue weighted by Crippen LogP contribution is -2.29. The number of carbonyl (C=O) groups is 2. The molecule has 3 N–H and O–H groups in total. The molecule has 0 aliphatic carbocycles. The van der Waals surface area contributed by atoms with Gasteiger partial charge < -0.3 is 20.5 Å². The summed E-state index contributed by atoms with van der Waals surface area (Å²) in [6, 6.07) is 19.2. The molecule has 1 amide bonds. The minimum Gasteiger partial charge on any atom is -0.489 e. The molecule has 0 fully saturated rings. The van der Waals surface area contributed by atoms with Gasteiger partial charge in [-0.1, -0.05) is 66.9 Å². The van der Waals surface area contributed by atoms with Crippen LogP contribution in [0, 0.1) is 11.3 Å². The molecule has 2 aromatic carbocycles. The van der Waals surface area contributed by atoms with Crippen molar-refractivity contribution in [2.24, 2.45) is 5.73 Å². The predicted octanol–water partition coefficient (Wildman–Crippen LogP) is 3.91. The number of rotatable bonds is 10. The van der Waals surface area contributed by atoms with Crippen LogP contribution in [0.25, 0.3) is 0 Å². The van der Waals surface area contributed by atoms with Crippen LogP contribution in [0.3, 0.4) is 0 Å². The van der Waals surface area contributed by atoms with Gasteiger partial charge in [-0.2, -0.15) is 5.26 Å². The molecule has 0 saturated carbocycles. The molecule has 174 valence electrons. The maximum absolute atomic E-state index is 12.9. The molecule has 7 nitrogen and oxygen atoms in total. The Kier molecular flexibility index (Phi) is 8.54. The Morgan fingerprint density at radius 2 is 1.91 bits per heavy atom. The number of benzene rings is 2. The monoisotopic (exact) mass is 475 g/mol. The molecule has 1 unspecified atom stereocenters. The first-order chi connectivity index (χ1) is 16.4. The maximum Gasteiger partial charge on any atom is 0.337 e. The van der Waals surface area contributed by atoms with Crippen LogP contribution in [0.15, 0.2) is 89.1 Å². The number of esters is 1. The second kappa shape index (κ2) is 11.8. The molecule has 34 heavy (non-hydrogen) atoms. The smallest absolute Gasteiger partial charge is 0.337 e. The fourth-order valence-electron chi connectivity index (χ4n) is 3.48. The van der Waals surface area contributed by atoms with Gasteiger partial charge in [0.2, 0.25) is 5.91 Å². The van der Waals surface area contributed by atoms with Crippen molar-refractivity contribution >= 4 is 23.6 Å². The SMILES string of the molecule is C=CCOC(=O)C1=C(C)NC(SCC(N)=O)=C(C#N)C1c1ccc(OCc2ccccc2)cc1. The van der Waals surface area contributed by atoms with Crippen molar-refractivity contribution < 1.29 is 19.1 Å². The Bertz CT molecular complexity index is 1160. The topological polar surface area (TPSA) is 114 Å². The van der Waals surface area contributed by atoms with Crippen LogP contribution in [0.4, 0.5) is 0 Å². The molecule has 0 aromatic heterocycles. The van der Waals surface area contributed by atoms with Crippen molar-refractivity contribution in [2.45, 2.75) is 19.4 Å². The molecule has 0 saturated heterocycles. The zero-order valence-electron chi connectivity index (χ0n) is 18.7. The van der Waals surface area contributed by atoms with Gasteiger partial charge in [0.25, 0.3) is 0 Å². The lowest BCUT2D eigenvalue weighted by molar-refractivity contribution is -0.138. The number of nitriles is 1. The minimum atomic E-state index is -0.679. The third-order valence-electron chi connectivity index (χ3n) is 5.02. The van der Waals surface area contributed by atoms with Crippen molar-refractivity contribution in [1.29, 1.82) is 5.26 Å². The van der Waals surface area contributed by atoms with Crippen LogP contribution >= 0.6 is 11.8 Å². The molecule has 1 aliphatic rings. The first kappa shape index (κ1) is 24.7. The van der Waals surface area contributed by atoms with Crippen molar-refractivity contribution in [3.63, 3.8) is 0 Å². The Hall–Kier alpha value is -3.96. The first-order valence-corrected chi connectivity index (χ1v) is 11.5. The highest BCUT2D eigenvalue weighted by molar-refractivity contribution is 8.03. The van der Waals surface area contributed by atoms with E-state index in [0.717, 1.165) is 17.3 Å². The van der Waals surface area contributed by atoms with Gasteiger partial charge in [0, 0.05) is 5.70 Å². The lowest BCUT2D eigenvalue weighted by Gasteiger charge is -2.29. The van der Waals surface area contributed by atoms with Crippen molar-refractivity contribution in [1.82, 2.24) is 5.32 Å². The van der Waals surface area contributed by atoms with Gasteiger partial charge >= 0.3 is 5.97 Å². The third kappa shape index (κ3) is 6.09. The Balaban J connectivity index is 1.93. The average molecular weight is 476 g/mol. The number of nitrogens with two attached hydrogens (primary N) is 1. The molecule has 0 bridgehead atoms. The molecule has 1 atom stereocenters. The number of primary amides is 1. The summed E-state index contributed by atoms with van der Waals surface area (Å²) in [5, 5.41) is 13.5. The summed E-state index contributed by atoms with van der Waals surface area (Å²) in [5.41, 5.74) is 8.21. The number of amides is 1. The number of dihydropyridines is 1. The average Bonchev–Trinajstić information content (AvgIpc) is 2.85. The van der Waals surface area contributed by atoms with Crippen molar-refractivity contribution in [2.75, 3.05) is 12.4 Å². The van der Waals surface area contributed by atoms with E-state index in [0.29, 0.717) is 39.8 Å². The number of hydrogen-bond donors (Lipinski definition) is 2. The molecular formula is C26H25N3O4S. The molecular weight excluding hydrogens is 450 g/mol. The van der Waals surface area contributed by atoms with E-state index in [1.807, 2.05) is 42.5 Å². The number of carbonyl (C=O) groups excluding carboxylic acids is 2. The van der Waals surface area contributed by atoms with Gasteiger partial charge in [-0.3, -0.25) is 4.79 Å². The molecule has 0 radical (unpaired) electrons. The van der Waals surface area contributed by atoms with Gasteiger partial charge in [0.1, 0.15) is 19.0 Å². The Labute approximate surface area is 202 Å². The van der Waals surface area contributed by atoms with E-state index in [1.54, 1.807) is 19.1 Å². The van der Waals surface area contributed by atoms with E-state index in [4.69, 9.17) is 15.2 Å². The van der Waals surface area contributed by atoms with E-state index in [2.05, 4.69) is 18.0 Å². The van der Waals surface area contributed by atoms with Crippen LogP contribution < -0.4 is 15.8 Å². The molecule has 2 aromatic rings. The van der Waals surface area contributed by atoms with E-state index in [9.17, 15) is 14.9 Å². The number of nitrogens with one attached hydrogen (secondary N) is 1. The summed E-state index contributed by atoms with van der Waals surface area (Å²) in [4.78, 5) is 24.2. The molecule has 8 heteroatoms. The highest BCUT2D eigenvalue weighted by Gasteiger charge is 2.35. The highest BCUT2D eigenvalue weighted by Crippen LogP contribution is 2.41. The number of allylic oxidation sites excluding steroid dienone is 2. The quantitative estimate of drug-likeness (QED) is 0.395. The summed E-state index contributed by atoms with van der Waals surface area (Å²) in [5.74, 6) is -1.08. The number of thioether (sulfide) groups is 1. The van der Waals surface area contributed by atoms with Gasteiger partial charge in [-0.15, -0.1) is 0 Å². The van der Waals surface area contributed by atoms with E-state index < -0.39 is 17.8 Å². The zero-order valence-corrected chi connectivity index (χ0v) is 19.6. The number of nitrogens with zero attached hydrogens (tertiary/aromatic N) is 1. The van der Waals surface area contributed by atoms with E-state index in [1.165, 1.54) is 6.08 Å². The van der Waals surface area contributed by atoms with Crippen LogP contribution in [0.1, 0.15) is 24.0 Å². The predicted molar refractivity (Wildman–Crippen MR) is 131 cm³/mol. The molecule has 3 rings (SSSR count). The summed E-state index contributed by atoms with van der Waals surface area (Å²) in [6.07, 6.45) is 1.48. The van der Waals surface area contributed by atoms with Crippen LogP contribution in [-0.2, 0) is 20.9 Å². The van der Waals surface area contributed by atoms with Crippen LogP contribution in [0.2, 0.25) is 0 Å². The summed E-state index contributed by atoms with van der Waals surface area (Å²) >= 11 is 1.13. The highest BCUT2D eigenvalue weighted by atomic mass is 32.2. The van der Waals surface area contributed by atoms with E-state index in [-0.39, 0.29) is 12.4 Å². The van der Waals surface area contributed by atoms with Crippen LogP contribution in [0.5, 0.6) is 5.75 Å². The summed E-state index contributed by atoms with van der Waals surface area (Å²) in [7, 11) is 0.